The van der Waals surface area contributed by atoms with Gasteiger partial charge < -0.3 is 77.9 Å². The molecule has 2 amide bonds. The first-order valence-electron chi connectivity index (χ1n) is 44.5. The number of aliphatic hydroxyl groups is 2. The number of hydrogen-bond acceptors (Lipinski definition) is 26. The van der Waals surface area contributed by atoms with Crippen molar-refractivity contribution in [2.75, 3.05) is 65.6 Å². The molecule has 0 aromatic carbocycles. The smallest absolute Gasteiger partial charge is 0.457 e. The molecule has 5 saturated heterocycles. The molecule has 2 unspecified atom stereocenters. The molecule has 5 heterocycles. The van der Waals surface area contributed by atoms with E-state index < -0.39 is 108 Å². The van der Waals surface area contributed by atoms with Crippen LogP contribution in [0.25, 0.3) is 0 Å². The minimum atomic E-state index is -5.94. The quantitative estimate of drug-likeness (QED) is 0.0470. The number of Topliss-reactive ketones (excluding diaryl/α,β-unsaturated/α-hetero) is 2. The third-order valence-electron chi connectivity index (χ3n) is 33.9. The Morgan fingerprint density at radius 2 is 0.967 bits per heavy atom. The average molecular weight is 1880 g/mol. The Balaban J connectivity index is 0.000000250. The molecule has 28 nitrogen and oxygen atoms in total. The van der Waals surface area contributed by atoms with Crippen LogP contribution in [0.4, 0.5) is 9.59 Å². The van der Waals surface area contributed by atoms with Crippen LogP contribution >= 0.6 is 12.4 Å². The van der Waals surface area contributed by atoms with Gasteiger partial charge in [0.05, 0.1) is 42.2 Å². The number of carbonyl (C=O) groups is 8. The number of nitrogens with two attached hydrogens (primary N) is 1. The normalized spacial score (nSPS) is 40.4. The van der Waals surface area contributed by atoms with E-state index in [4.69, 9.17) is 66.8 Å². The maximum absolute atomic E-state index is 15.1. The third kappa shape index (κ3) is 19.2. The van der Waals surface area contributed by atoms with Crippen molar-refractivity contribution in [3.8, 4) is 0 Å². The van der Waals surface area contributed by atoms with Gasteiger partial charge in [-0.05, 0) is 257 Å². The van der Waals surface area contributed by atoms with E-state index in [1.165, 1.54) is 26.7 Å². The molecular weight excluding hydrogens is 1730 g/mol. The molecule has 5 aliphatic heterocycles. The van der Waals surface area contributed by atoms with Crippen molar-refractivity contribution < 1.29 is 159 Å². The number of halogens is 2. The van der Waals surface area contributed by atoms with Crippen LogP contribution in [-0.4, -0.2) is 223 Å². The molecule has 10 aliphatic carbocycles. The fourth-order valence-electron chi connectivity index (χ4n) is 28.8. The van der Waals surface area contributed by atoms with Crippen LogP contribution in [0.3, 0.4) is 0 Å². The molecule has 0 radical (unpaired) electrons. The number of aldehydes is 2. The van der Waals surface area contributed by atoms with Crippen LogP contribution in [0.1, 0.15) is 270 Å². The standard InChI is InChI=1S/C45H72N2O9.C36H54O9.C9H18N2O2.2CH4.ClH.IO4.Na/c1-26-20-29(37(41(8,9)51)53-27(2)48)54-35-34(26)42(10)16-17-45-25-44(45)15-14-32(40(6,7)30(44)12-13-31(45)43(42,11)36(35)49)55-33-24-46(18-19-52-33)21-28-22-47(23-28)38(50)56-39(3,4)5;1-20-17-22(30(32(5,6)41)43-21(2)39)44-28-27(20)33(7)13-14-36-19-35(36)12-11-25(45-26(18-38)42-16-15-37)31(3,4)23(35)9-10-24(36)34(33,8)29(28)40;1-9(2,3)13-8(12)11-5-7(4-10)6-11;;;;2-1(3,4)5;/h26,28-35,37,51H,12-25H2,1-11H3;15,18,20,22-28,30,41H,9-14,16-17,19H2,1-8H3;7H,4-6,10H2,1-3H3;2*1H4;1H;;/q;;;;;;-1;+1/t26-,29-,30+,31+,32+,33+,34+,35+,37+,42-,43-,44?,45+;20-,22-,23+,24+,25+,26+,27+,28+,30+,33-,34-,35?,36+;;;;;;/m11....../s1. The molecule has 0 bridgehead atoms. The molecule has 15 fully saturated rings. The van der Waals surface area contributed by atoms with Crippen molar-refractivity contribution in [3.05, 3.63) is 0 Å². The van der Waals surface area contributed by atoms with Gasteiger partial charge in [-0.1, -0.05) is 84.1 Å². The summed E-state index contributed by atoms with van der Waals surface area (Å²) in [6.07, 6.45) is 11.5. The number of amides is 2. The van der Waals surface area contributed by atoms with Gasteiger partial charge in [0.2, 0.25) is 6.29 Å². The van der Waals surface area contributed by atoms with E-state index in [0.29, 0.717) is 68.2 Å². The van der Waals surface area contributed by atoms with Crippen LogP contribution in [0.2, 0.25) is 0 Å². The van der Waals surface area contributed by atoms with Gasteiger partial charge in [0.25, 0.3) is 0 Å². The molecule has 31 heteroatoms. The van der Waals surface area contributed by atoms with Crippen molar-refractivity contribution in [1.29, 1.82) is 0 Å². The fourth-order valence-corrected chi connectivity index (χ4v) is 28.8. The molecule has 700 valence electrons. The maximum Gasteiger partial charge on any atom is 1.00 e. The minimum absolute atomic E-state index is 0. The Morgan fingerprint density at radius 1 is 0.585 bits per heavy atom. The number of fused-ring (bicyclic) bond motifs is 8. The number of ketones is 2. The van der Waals surface area contributed by atoms with Gasteiger partial charge in [0.1, 0.15) is 56.4 Å². The zero-order valence-electron chi connectivity index (χ0n) is 76.7. The second-order valence-electron chi connectivity index (χ2n) is 44.5. The van der Waals surface area contributed by atoms with Gasteiger partial charge in [0, 0.05) is 94.2 Å². The molecule has 15 rings (SSSR count). The van der Waals surface area contributed by atoms with E-state index in [0.717, 1.165) is 123 Å². The summed E-state index contributed by atoms with van der Waals surface area (Å²) < 4.78 is 94.8. The first-order chi connectivity index (χ1) is 54.8. The van der Waals surface area contributed by atoms with E-state index in [9.17, 15) is 43.8 Å². The average Bonchev–Trinajstić information content (AvgIpc) is 1.46. The van der Waals surface area contributed by atoms with E-state index >= 15 is 4.79 Å². The van der Waals surface area contributed by atoms with Crippen LogP contribution in [-0.2, 0) is 76.1 Å². The second-order valence-corrected chi connectivity index (χ2v) is 46.7. The molecule has 0 aromatic rings. The second kappa shape index (κ2) is 37.2. The largest absolute Gasteiger partial charge is 1.00 e. The number of hydrogen-bond donors (Lipinski definition) is 3. The van der Waals surface area contributed by atoms with Crippen LogP contribution in [0, 0.1) is 113 Å². The van der Waals surface area contributed by atoms with Crippen molar-refractivity contribution in [2.24, 2.45) is 119 Å². The van der Waals surface area contributed by atoms with Crippen molar-refractivity contribution in [1.82, 2.24) is 14.7 Å². The topological polar surface area (TPSA) is 397 Å². The SMILES string of the molecule is C.C.CC(=O)O[C@@H]([C@H]1C[C@@H](C)[C@H]2[C@H](O1)C(=O)[C@@]1(C)[C@@H]3CC[C@H]4C(C)(C)[C@@H](O[C@@H](C=O)OCC=O)CCC45C[C@@]35CC[C@]21C)C(C)(C)O.CC(=O)O[C@@H]([C@H]1C[C@@H](C)[C@H]2[C@H](O1)C(=O)[C@@]1(C)[C@@H]3CC[C@H]4C(C)(C)[C@@H](O[C@H]5CN(CC6CN(C(=O)OC(C)(C)C)C6)CCO5)CCC45C[C@@]35CC[C@]21C)C(C)(C)O.CC(C)(C)OC(=O)N1CC(CN)C1.Cl.[Na+].[O-][I+3]([O-])([O-])[O-]. The van der Waals surface area contributed by atoms with Gasteiger partial charge in [-0.25, -0.2) is 9.59 Å². The fraction of sp³-hybridized carbons (Fsp3) is 0.913. The van der Waals surface area contributed by atoms with Gasteiger partial charge in [-0.3, -0.25) is 42.6 Å². The Kier molecular flexibility index (Phi) is 32.1. The summed E-state index contributed by atoms with van der Waals surface area (Å²) in [6, 6.07) is 0. The number of rotatable bonds is 17. The number of ether oxygens (including phenoxy) is 10. The Hall–Kier alpha value is -2.38. The molecule has 123 heavy (non-hydrogen) atoms. The van der Waals surface area contributed by atoms with Gasteiger partial charge in [-0.2, -0.15) is 0 Å². The molecule has 15 aliphatic rings. The molecule has 4 N–H and O–H groups in total. The zero-order chi connectivity index (χ0) is 88.1. The minimum Gasteiger partial charge on any atom is -0.457 e. The maximum atomic E-state index is 15.1. The summed E-state index contributed by atoms with van der Waals surface area (Å²) in [5.41, 5.74) is 0.975. The number of carbonyl (C=O) groups excluding carboxylic acids is 8. The van der Waals surface area contributed by atoms with E-state index in [2.05, 4.69) is 74.1 Å². The Bertz CT molecular complexity index is 3770. The molecule has 0 aromatic heterocycles. The summed E-state index contributed by atoms with van der Waals surface area (Å²) in [7, 11) is 0. The number of nitrogens with zero attached hydrogens (tertiary/aromatic N) is 3. The zero-order valence-corrected chi connectivity index (χ0v) is 81.6. The molecular formula is C92H153ClIN4NaO24. The molecule has 10 saturated carbocycles. The van der Waals surface area contributed by atoms with E-state index in [1.807, 2.05) is 41.5 Å². The first kappa shape index (κ1) is 106. The van der Waals surface area contributed by atoms with E-state index in [-0.39, 0.29) is 179 Å². The predicted molar refractivity (Wildman–Crippen MR) is 444 cm³/mol. The number of likely N-dealkylation sites (tertiary alicyclic amines) is 2. The molecule has 26 atom stereocenters. The number of morpholine rings is 1. The summed E-state index contributed by atoms with van der Waals surface area (Å²) in [4.78, 5) is 106. The van der Waals surface area contributed by atoms with Crippen molar-refractivity contribution in [2.45, 2.75) is 354 Å². The monoisotopic (exact) mass is 1880 g/mol. The first-order valence-corrected chi connectivity index (χ1v) is 48.0. The third-order valence-corrected chi connectivity index (χ3v) is 33.9. The van der Waals surface area contributed by atoms with Gasteiger partial charge >= 0.3 is 53.7 Å². The summed E-state index contributed by atoms with van der Waals surface area (Å²) in [6.45, 7) is 50.4. The van der Waals surface area contributed by atoms with Crippen molar-refractivity contribution in [3.63, 3.8) is 0 Å². The predicted octanol–water partition coefficient (Wildman–Crippen LogP) is 3.22. The Labute approximate surface area is 767 Å². The van der Waals surface area contributed by atoms with Crippen LogP contribution in [0.5, 0.6) is 0 Å². The summed E-state index contributed by atoms with van der Waals surface area (Å²) in [5.74, 6) is 2.47. The van der Waals surface area contributed by atoms with Gasteiger partial charge in [0.15, 0.2) is 36.4 Å². The summed E-state index contributed by atoms with van der Waals surface area (Å²) in [5, 5.41) is 22.0. The number of esters is 2. The van der Waals surface area contributed by atoms with E-state index in [1.54, 1.807) is 37.5 Å². The molecule has 4 spiro atoms. The van der Waals surface area contributed by atoms with Gasteiger partial charge in [-0.15, -0.1) is 12.4 Å². The van der Waals surface area contributed by atoms with Crippen LogP contribution in [0.15, 0.2) is 0 Å². The Morgan fingerprint density at radius 3 is 1.34 bits per heavy atom. The summed E-state index contributed by atoms with van der Waals surface area (Å²) >= 11 is -5.94. The van der Waals surface area contributed by atoms with Crippen LogP contribution < -0.4 is 69.1 Å². The van der Waals surface area contributed by atoms with Crippen molar-refractivity contribution >= 4 is 60.7 Å².